The highest BCUT2D eigenvalue weighted by Crippen LogP contribution is 2.40. The Hall–Kier alpha value is -3.55. The van der Waals surface area contributed by atoms with Crippen LogP contribution in [0.5, 0.6) is 11.5 Å². The molecule has 188 valence electrons. The van der Waals surface area contributed by atoms with E-state index < -0.39 is 11.8 Å². The molecular formula is C28H22Cl2N2O5. The van der Waals surface area contributed by atoms with E-state index in [0.717, 1.165) is 28.2 Å². The highest BCUT2D eigenvalue weighted by molar-refractivity contribution is 6.41. The van der Waals surface area contributed by atoms with Crippen LogP contribution in [-0.4, -0.2) is 42.4 Å². The van der Waals surface area contributed by atoms with Crippen molar-refractivity contribution in [3.63, 3.8) is 0 Å². The van der Waals surface area contributed by atoms with Crippen molar-refractivity contribution in [3.8, 4) is 11.5 Å². The molecule has 0 saturated heterocycles. The average molecular weight is 537 g/mol. The third-order valence-electron chi connectivity index (χ3n) is 7.09. The number of carbonyl (C=O) groups is 3. The molecule has 0 fully saturated rings. The molecule has 1 atom stereocenters. The van der Waals surface area contributed by atoms with Crippen LogP contribution in [0.25, 0.3) is 0 Å². The van der Waals surface area contributed by atoms with Gasteiger partial charge in [-0.1, -0.05) is 23.2 Å². The molecule has 0 radical (unpaired) electrons. The minimum atomic E-state index is -0.546. The lowest BCUT2D eigenvalue weighted by Gasteiger charge is -2.36. The van der Waals surface area contributed by atoms with Gasteiger partial charge in [0.25, 0.3) is 17.7 Å². The van der Waals surface area contributed by atoms with Crippen LogP contribution in [0.4, 0.5) is 5.69 Å². The fourth-order valence-electron chi connectivity index (χ4n) is 5.17. The topological polar surface area (TPSA) is 76.2 Å². The second-order valence-electron chi connectivity index (χ2n) is 9.27. The molecule has 0 spiro atoms. The maximum Gasteiger partial charge on any atom is 0.266 e. The molecule has 7 nitrogen and oxygen atoms in total. The zero-order valence-corrected chi connectivity index (χ0v) is 21.4. The van der Waals surface area contributed by atoms with Crippen molar-refractivity contribution < 1.29 is 23.9 Å². The molecule has 0 aliphatic carbocycles. The molecule has 6 rings (SSSR count). The smallest absolute Gasteiger partial charge is 0.266 e. The average Bonchev–Trinajstić information content (AvgIpc) is 3.02. The van der Waals surface area contributed by atoms with E-state index in [2.05, 4.69) is 0 Å². The maximum atomic E-state index is 13.6. The summed E-state index contributed by atoms with van der Waals surface area (Å²) in [5.74, 6) is 0.169. The lowest BCUT2D eigenvalue weighted by Crippen LogP contribution is -2.39. The number of rotatable bonds is 2. The Kier molecular flexibility index (Phi) is 5.85. The summed E-state index contributed by atoms with van der Waals surface area (Å²) in [6, 6.07) is 13.0. The van der Waals surface area contributed by atoms with Crippen molar-refractivity contribution in [2.75, 3.05) is 24.7 Å². The molecule has 0 saturated carbocycles. The van der Waals surface area contributed by atoms with Gasteiger partial charge in [0.1, 0.15) is 0 Å². The molecular weight excluding hydrogens is 515 g/mol. The van der Waals surface area contributed by atoms with Crippen LogP contribution in [-0.2, 0) is 6.42 Å². The summed E-state index contributed by atoms with van der Waals surface area (Å²) >= 11 is 12.3. The van der Waals surface area contributed by atoms with E-state index in [0.29, 0.717) is 42.5 Å². The summed E-state index contributed by atoms with van der Waals surface area (Å²) in [6.45, 7) is 3.69. The third-order valence-corrected chi connectivity index (χ3v) is 7.65. The van der Waals surface area contributed by atoms with Crippen LogP contribution >= 0.6 is 23.2 Å². The number of benzene rings is 3. The van der Waals surface area contributed by atoms with Gasteiger partial charge >= 0.3 is 0 Å². The van der Waals surface area contributed by atoms with Gasteiger partial charge in [0.2, 0.25) is 0 Å². The summed E-state index contributed by atoms with van der Waals surface area (Å²) < 4.78 is 11.7. The lowest BCUT2D eigenvalue weighted by molar-refractivity contribution is 0.0677. The Labute approximate surface area is 223 Å². The molecule has 9 heteroatoms. The molecule has 0 bridgehead atoms. The predicted octanol–water partition coefficient (Wildman–Crippen LogP) is 5.71. The Bertz CT molecular complexity index is 1490. The van der Waals surface area contributed by atoms with Crippen molar-refractivity contribution in [1.82, 2.24) is 4.90 Å². The first-order valence-electron chi connectivity index (χ1n) is 12.0. The zero-order chi connectivity index (χ0) is 25.8. The van der Waals surface area contributed by atoms with Crippen molar-refractivity contribution in [2.45, 2.75) is 25.8 Å². The van der Waals surface area contributed by atoms with E-state index in [1.807, 2.05) is 19.1 Å². The molecule has 0 N–H and O–H groups in total. The molecule has 37 heavy (non-hydrogen) atoms. The molecule has 3 heterocycles. The van der Waals surface area contributed by atoms with E-state index in [9.17, 15) is 14.4 Å². The first-order chi connectivity index (χ1) is 17.8. The molecule has 3 aliphatic rings. The quantitative estimate of drug-likeness (QED) is 0.392. The number of hydrogen-bond donors (Lipinski definition) is 0. The summed E-state index contributed by atoms with van der Waals surface area (Å²) in [5, 5.41) is 0.573. The molecule has 0 aromatic heterocycles. The predicted molar refractivity (Wildman–Crippen MR) is 139 cm³/mol. The van der Waals surface area contributed by atoms with E-state index in [1.165, 1.54) is 24.3 Å². The standard InChI is InChI=1S/C28H22Cl2N2O5/c1-15-20-14-25-24(36-9-2-10-37-25)12-16(20)7-8-31(15)26(33)17-3-5-19-21(11-17)28(35)32(27(19)34)23-13-18(29)4-6-22(23)30/h3-6,11-15H,2,7-10H2,1H3. The molecule has 3 aliphatic heterocycles. The highest BCUT2D eigenvalue weighted by Gasteiger charge is 2.39. The van der Waals surface area contributed by atoms with Gasteiger partial charge in [-0.15, -0.1) is 0 Å². The second-order valence-corrected chi connectivity index (χ2v) is 10.1. The number of amides is 3. The fraction of sp³-hybridized carbons (Fsp3) is 0.250. The summed E-state index contributed by atoms with van der Waals surface area (Å²) in [4.78, 5) is 42.7. The van der Waals surface area contributed by atoms with Crippen molar-refractivity contribution >= 4 is 46.6 Å². The summed E-state index contributed by atoms with van der Waals surface area (Å²) in [7, 11) is 0. The van der Waals surface area contributed by atoms with Crippen LogP contribution in [0.1, 0.15) is 61.6 Å². The van der Waals surface area contributed by atoms with Gasteiger partial charge in [0.05, 0.1) is 41.1 Å². The Morgan fingerprint density at radius 1 is 0.919 bits per heavy atom. The van der Waals surface area contributed by atoms with Crippen LogP contribution in [0, 0.1) is 0 Å². The number of halogens is 2. The van der Waals surface area contributed by atoms with E-state index >= 15 is 0 Å². The normalized spacial score (nSPS) is 18.4. The van der Waals surface area contributed by atoms with Gasteiger partial charge in [0.15, 0.2) is 11.5 Å². The largest absolute Gasteiger partial charge is 0.490 e. The van der Waals surface area contributed by atoms with Crippen molar-refractivity contribution in [2.24, 2.45) is 0 Å². The fourth-order valence-corrected chi connectivity index (χ4v) is 5.54. The minimum Gasteiger partial charge on any atom is -0.490 e. The van der Waals surface area contributed by atoms with Gasteiger partial charge in [-0.2, -0.15) is 0 Å². The van der Waals surface area contributed by atoms with Gasteiger partial charge in [-0.3, -0.25) is 14.4 Å². The van der Waals surface area contributed by atoms with Crippen LogP contribution in [0.15, 0.2) is 48.5 Å². The number of nitrogens with zero attached hydrogens (tertiary/aromatic N) is 2. The van der Waals surface area contributed by atoms with Gasteiger partial charge in [-0.05, 0) is 73.0 Å². The molecule has 1 unspecified atom stereocenters. The monoisotopic (exact) mass is 536 g/mol. The van der Waals surface area contributed by atoms with Crippen LogP contribution in [0.2, 0.25) is 10.0 Å². The Morgan fingerprint density at radius 3 is 2.43 bits per heavy atom. The van der Waals surface area contributed by atoms with Gasteiger partial charge in [-0.25, -0.2) is 4.90 Å². The Morgan fingerprint density at radius 2 is 1.65 bits per heavy atom. The minimum absolute atomic E-state index is 0.160. The lowest BCUT2D eigenvalue weighted by atomic mass is 9.92. The van der Waals surface area contributed by atoms with Crippen molar-refractivity contribution in [1.29, 1.82) is 0 Å². The van der Waals surface area contributed by atoms with E-state index in [-0.39, 0.29) is 33.8 Å². The number of carbonyl (C=O) groups excluding carboxylic acids is 3. The van der Waals surface area contributed by atoms with Crippen LogP contribution in [0.3, 0.4) is 0 Å². The molecule has 3 aromatic carbocycles. The first-order valence-corrected chi connectivity index (χ1v) is 12.8. The third kappa shape index (κ3) is 3.93. The van der Waals surface area contributed by atoms with Gasteiger partial charge in [0, 0.05) is 23.6 Å². The van der Waals surface area contributed by atoms with Crippen molar-refractivity contribution in [3.05, 3.63) is 86.4 Å². The SMILES string of the molecule is CC1c2cc3c(cc2CCN1C(=O)c1ccc2c(c1)C(=O)N(c1cc(Cl)ccc1Cl)C2=O)OCCCO3. The number of hydrogen-bond acceptors (Lipinski definition) is 5. The molecule has 3 aromatic rings. The number of fused-ring (bicyclic) bond motifs is 3. The number of ether oxygens (including phenoxy) is 2. The Balaban J connectivity index is 1.30. The van der Waals surface area contributed by atoms with E-state index in [4.69, 9.17) is 32.7 Å². The van der Waals surface area contributed by atoms with Gasteiger partial charge < -0.3 is 14.4 Å². The molecule has 3 amide bonds. The number of anilines is 1. The zero-order valence-electron chi connectivity index (χ0n) is 19.9. The summed E-state index contributed by atoms with van der Waals surface area (Å²) in [6.07, 6.45) is 1.49. The highest BCUT2D eigenvalue weighted by atomic mass is 35.5. The first kappa shape index (κ1) is 23.8. The maximum absolute atomic E-state index is 13.6. The second kappa shape index (κ2) is 9.08. The number of imide groups is 1. The van der Waals surface area contributed by atoms with Crippen LogP contribution < -0.4 is 14.4 Å². The van der Waals surface area contributed by atoms with E-state index in [1.54, 1.807) is 17.0 Å². The summed E-state index contributed by atoms with van der Waals surface area (Å²) in [5.41, 5.74) is 3.06.